The van der Waals surface area contributed by atoms with Crippen LogP contribution in [0.15, 0.2) is 0 Å². The first-order valence-electron chi connectivity index (χ1n) is 2.03. The smallest absolute Gasteiger partial charge is 0.570 e. The average molecular weight is 198 g/mol. The van der Waals surface area contributed by atoms with Gasteiger partial charge < -0.3 is 37.5 Å². The molecule has 0 aromatic heterocycles. The van der Waals surface area contributed by atoms with E-state index in [1.165, 1.54) is 6.42 Å². The topological polar surface area (TPSA) is 0 Å². The Hall–Kier alpha value is 2.53. The summed E-state index contributed by atoms with van der Waals surface area (Å²) in [5, 5.41) is 0. The van der Waals surface area contributed by atoms with Crippen molar-refractivity contribution in [3.8, 4) is 0 Å². The quantitative estimate of drug-likeness (QED) is 0.220. The molecule has 0 bridgehead atoms. The van der Waals surface area contributed by atoms with E-state index in [4.69, 9.17) is 0 Å². The third-order valence-electron chi connectivity index (χ3n) is 0. The van der Waals surface area contributed by atoms with Crippen molar-refractivity contribution in [2.24, 2.45) is 0 Å². The van der Waals surface area contributed by atoms with Crippen LogP contribution in [-0.2, 0) is 25.3 Å². The first-order valence-corrected chi connectivity index (χ1v) is 3.25. The molecule has 0 unspecified atom stereocenters. The summed E-state index contributed by atoms with van der Waals surface area (Å²) in [4.78, 5) is 0. The number of thiocarbonyl (C=S) groups is 1. The van der Waals surface area contributed by atoms with Gasteiger partial charge in [-0.05, 0) is 0 Å². The molecule has 5 heteroatoms. The van der Waals surface area contributed by atoms with E-state index in [0.29, 0.717) is 0 Å². The number of hydrogen-bond acceptors (Lipinski definition) is 3. The van der Waals surface area contributed by atoms with Crippen LogP contribution in [0, 0.1) is 0 Å². The Morgan fingerprint density at radius 2 is 1.22 bits per heavy atom. The van der Waals surface area contributed by atoms with E-state index in [-0.39, 0.29) is 62.6 Å². The Kier molecular flexibility index (Phi) is 56.2. The van der Waals surface area contributed by atoms with Crippen molar-refractivity contribution in [2.45, 2.75) is 20.3 Å². The molecule has 0 N–H and O–H groups in total. The van der Waals surface area contributed by atoms with Gasteiger partial charge in [-0.25, -0.2) is 0 Å². The van der Waals surface area contributed by atoms with Gasteiger partial charge in [0.1, 0.15) is 0 Å². The normalized spacial score (nSPS) is 4.67. The molecule has 0 heterocycles. The SMILES string of the molecule is CCC.S=C([S-])[S-].[Na+].[Na+]. The summed E-state index contributed by atoms with van der Waals surface area (Å²) in [6.45, 7) is 4.25. The Balaban J connectivity index is -0.0000000233. The van der Waals surface area contributed by atoms with Crippen molar-refractivity contribution in [3.05, 3.63) is 0 Å². The van der Waals surface area contributed by atoms with E-state index >= 15 is 0 Å². The van der Waals surface area contributed by atoms with Gasteiger partial charge in [0, 0.05) is 0 Å². The first kappa shape index (κ1) is 22.5. The van der Waals surface area contributed by atoms with Crippen LogP contribution in [0.25, 0.3) is 0 Å². The van der Waals surface area contributed by atoms with E-state index in [9.17, 15) is 0 Å². The molecular formula is C4H8Na2S3. The van der Waals surface area contributed by atoms with Gasteiger partial charge in [0.05, 0.1) is 0 Å². The van der Waals surface area contributed by atoms with Gasteiger partial charge >= 0.3 is 59.1 Å². The molecule has 0 saturated carbocycles. The van der Waals surface area contributed by atoms with Gasteiger partial charge in [0.25, 0.3) is 0 Å². The molecule has 0 aromatic carbocycles. The van der Waals surface area contributed by atoms with E-state index in [1.807, 2.05) is 0 Å². The van der Waals surface area contributed by atoms with Gasteiger partial charge in [-0.1, -0.05) is 20.3 Å². The fraction of sp³-hybridized carbons (Fsp3) is 0.750. The van der Waals surface area contributed by atoms with Crippen molar-refractivity contribution >= 4 is 41.0 Å². The predicted molar refractivity (Wildman–Crippen MR) is 43.3 cm³/mol. The minimum Gasteiger partial charge on any atom is -0.570 e. The van der Waals surface area contributed by atoms with E-state index in [1.54, 1.807) is 0 Å². The van der Waals surface area contributed by atoms with Crippen molar-refractivity contribution in [1.82, 2.24) is 0 Å². The zero-order valence-corrected chi connectivity index (χ0v) is 12.9. The second-order valence-corrected chi connectivity index (χ2v) is 2.96. The summed E-state index contributed by atoms with van der Waals surface area (Å²) >= 11 is 12.5. The summed E-state index contributed by atoms with van der Waals surface area (Å²) in [5.74, 6) is 0. The van der Waals surface area contributed by atoms with Gasteiger partial charge in [0.2, 0.25) is 0 Å². The maximum atomic E-state index is 4.17. The Morgan fingerprint density at radius 1 is 1.22 bits per heavy atom. The molecule has 0 aromatic rings. The molecule has 0 rings (SSSR count). The Bertz CT molecular complexity index is 45.1. The molecule has 0 atom stereocenters. The molecule has 0 radical (unpaired) electrons. The van der Waals surface area contributed by atoms with E-state index in [2.05, 4.69) is 51.3 Å². The molecule has 0 nitrogen and oxygen atoms in total. The Labute approximate surface area is 118 Å². The van der Waals surface area contributed by atoms with Crippen LogP contribution in [0.3, 0.4) is 0 Å². The minimum atomic E-state index is 0. The third kappa shape index (κ3) is 120. The summed E-state index contributed by atoms with van der Waals surface area (Å²) in [7, 11) is 0. The monoisotopic (exact) mass is 198 g/mol. The molecule has 44 valence electrons. The minimum absolute atomic E-state index is 0. The molecule has 0 aliphatic rings. The van der Waals surface area contributed by atoms with Crippen LogP contribution >= 0.6 is 12.2 Å². The first-order chi connectivity index (χ1) is 3.15. The molecule has 0 spiro atoms. The molecule has 0 aliphatic heterocycles. The maximum Gasteiger partial charge on any atom is 1.00 e. The fourth-order valence-electron chi connectivity index (χ4n) is 0. The molecule has 0 fully saturated rings. The molecule has 9 heavy (non-hydrogen) atoms. The zero-order valence-electron chi connectivity index (χ0n) is 6.43. The van der Waals surface area contributed by atoms with Crippen molar-refractivity contribution in [2.75, 3.05) is 0 Å². The van der Waals surface area contributed by atoms with Crippen molar-refractivity contribution in [3.63, 3.8) is 0 Å². The van der Waals surface area contributed by atoms with Crippen LogP contribution in [0.1, 0.15) is 20.3 Å². The van der Waals surface area contributed by atoms with Crippen LogP contribution in [-0.4, -0.2) is 3.53 Å². The van der Waals surface area contributed by atoms with Crippen molar-refractivity contribution in [1.29, 1.82) is 0 Å². The van der Waals surface area contributed by atoms with Crippen LogP contribution < -0.4 is 59.1 Å². The van der Waals surface area contributed by atoms with Gasteiger partial charge in [-0.2, -0.15) is 0 Å². The summed E-state index contributed by atoms with van der Waals surface area (Å²) < 4.78 is 0.167. The van der Waals surface area contributed by atoms with Crippen molar-refractivity contribution < 1.29 is 59.1 Å². The van der Waals surface area contributed by atoms with Crippen LogP contribution in [0.4, 0.5) is 0 Å². The van der Waals surface area contributed by atoms with Gasteiger partial charge in [-0.3, -0.25) is 3.53 Å². The summed E-state index contributed by atoms with van der Waals surface area (Å²) in [5.41, 5.74) is 0. The van der Waals surface area contributed by atoms with E-state index < -0.39 is 0 Å². The molecule has 0 amide bonds. The maximum absolute atomic E-state index is 4.17. The fourth-order valence-corrected chi connectivity index (χ4v) is 0. The predicted octanol–water partition coefficient (Wildman–Crippen LogP) is -4.21. The Morgan fingerprint density at radius 3 is 1.22 bits per heavy atom. The molecular weight excluding hydrogens is 190 g/mol. The number of rotatable bonds is 0. The van der Waals surface area contributed by atoms with Crippen LogP contribution in [0.5, 0.6) is 0 Å². The standard InChI is InChI=1S/C3H8.CH2S3.2Na/c1-3-2;2-1(3)4;;/h3H2,1-2H3;(H2,2,3,4);;/q;;2*+1/p-2. The summed E-state index contributed by atoms with van der Waals surface area (Å²) in [6, 6.07) is 0. The molecule has 0 saturated heterocycles. The van der Waals surface area contributed by atoms with E-state index in [0.717, 1.165) is 0 Å². The van der Waals surface area contributed by atoms with Crippen LogP contribution in [0.2, 0.25) is 0 Å². The largest absolute Gasteiger partial charge is 1.00 e. The van der Waals surface area contributed by atoms with Gasteiger partial charge in [0.15, 0.2) is 0 Å². The number of hydrogen-bond donors (Lipinski definition) is 0. The molecule has 0 aliphatic carbocycles. The second-order valence-electron chi connectivity index (χ2n) is 0.957. The average Bonchev–Trinajstić information content (AvgIpc) is 1.33. The second kappa shape index (κ2) is 22.4. The third-order valence-corrected chi connectivity index (χ3v) is 0. The zero-order chi connectivity index (χ0) is 6.28. The van der Waals surface area contributed by atoms with Gasteiger partial charge in [-0.15, -0.1) is 0 Å². The summed E-state index contributed by atoms with van der Waals surface area (Å²) in [6.07, 6.45) is 1.25.